The third kappa shape index (κ3) is 7.00. The number of rotatable bonds is 6. The van der Waals surface area contributed by atoms with Gasteiger partial charge in [0, 0.05) is 9.50 Å². The van der Waals surface area contributed by atoms with E-state index in [1.54, 1.807) is 0 Å². The Labute approximate surface area is 169 Å². The molecule has 0 saturated heterocycles. The van der Waals surface area contributed by atoms with Crippen molar-refractivity contribution in [3.63, 3.8) is 0 Å². The van der Waals surface area contributed by atoms with Crippen molar-refractivity contribution >= 4 is 39.3 Å². The molecule has 0 aliphatic heterocycles. The molecule has 5 heteroatoms. The fourth-order valence-electron chi connectivity index (χ4n) is 2.62. The number of carbonyl (C=O) groups excluding carboxylic acids is 1. The third-order valence-corrected chi connectivity index (χ3v) is 4.71. The van der Waals surface area contributed by atoms with Gasteiger partial charge < -0.3 is 4.74 Å². The van der Waals surface area contributed by atoms with Crippen LogP contribution in [0.2, 0.25) is 5.02 Å². The molecule has 140 valence electrons. The van der Waals surface area contributed by atoms with Crippen LogP contribution in [0, 0.1) is 0 Å². The Morgan fingerprint density at radius 1 is 1.08 bits per heavy atom. The van der Waals surface area contributed by atoms with Crippen LogP contribution < -0.4 is 5.32 Å². The number of nitrogens with one attached hydrogen (secondary N) is 1. The highest BCUT2D eigenvalue weighted by atomic mass is 79.9. The lowest BCUT2D eigenvalue weighted by atomic mass is 10.0. The summed E-state index contributed by atoms with van der Waals surface area (Å²) in [5.41, 5.74) is 2.65. The minimum absolute atomic E-state index is 0.438. The molecule has 2 aromatic rings. The smallest absolute Gasteiger partial charge is 0.412 e. The molecule has 0 aromatic heterocycles. The molecule has 0 aliphatic carbocycles. The molecule has 1 amide bonds. The number of hydrogen-bond acceptors (Lipinski definition) is 2. The first kappa shape index (κ1) is 20.8. The van der Waals surface area contributed by atoms with Crippen molar-refractivity contribution in [3.8, 4) is 0 Å². The van der Waals surface area contributed by atoms with Crippen molar-refractivity contribution in [2.75, 3.05) is 5.32 Å². The number of aryl methyl sites for hydroxylation is 2. The first-order valence-electron chi connectivity index (χ1n) is 8.76. The molecule has 0 saturated carbocycles. The van der Waals surface area contributed by atoms with Crippen LogP contribution in [0.15, 0.2) is 46.9 Å². The second-order valence-electron chi connectivity index (χ2n) is 7.23. The van der Waals surface area contributed by atoms with Gasteiger partial charge >= 0.3 is 6.09 Å². The van der Waals surface area contributed by atoms with Crippen LogP contribution in [0.5, 0.6) is 0 Å². The number of benzene rings is 2. The van der Waals surface area contributed by atoms with E-state index in [0.717, 1.165) is 46.4 Å². The maximum Gasteiger partial charge on any atom is 0.412 e. The molecule has 0 unspecified atom stereocenters. The summed E-state index contributed by atoms with van der Waals surface area (Å²) in [4.78, 5) is 12.1. The van der Waals surface area contributed by atoms with E-state index in [4.69, 9.17) is 16.3 Å². The zero-order chi connectivity index (χ0) is 19.2. The summed E-state index contributed by atoms with van der Waals surface area (Å²) in [5, 5.41) is 3.64. The first-order chi connectivity index (χ1) is 12.2. The summed E-state index contributed by atoms with van der Waals surface area (Å²) in [7, 11) is 0. The van der Waals surface area contributed by atoms with E-state index in [2.05, 4.69) is 33.4 Å². The van der Waals surface area contributed by atoms with Crippen molar-refractivity contribution in [3.05, 3.63) is 63.1 Å². The van der Waals surface area contributed by atoms with Crippen LogP contribution in [-0.2, 0) is 17.6 Å². The lowest BCUT2D eigenvalue weighted by molar-refractivity contribution is 0.0635. The lowest BCUT2D eigenvalue weighted by Crippen LogP contribution is -2.27. The van der Waals surface area contributed by atoms with Gasteiger partial charge in [0.15, 0.2) is 0 Å². The monoisotopic (exact) mass is 437 g/mol. The van der Waals surface area contributed by atoms with Crippen molar-refractivity contribution in [2.45, 2.75) is 52.1 Å². The Hall–Kier alpha value is -1.52. The molecule has 0 fully saturated rings. The summed E-state index contributed by atoms with van der Waals surface area (Å²) in [6, 6.07) is 13.9. The van der Waals surface area contributed by atoms with Crippen LogP contribution in [0.25, 0.3) is 0 Å². The van der Waals surface area contributed by atoms with Crippen LogP contribution in [-0.4, -0.2) is 11.7 Å². The summed E-state index contributed by atoms with van der Waals surface area (Å²) in [6.07, 6.45) is 3.56. The maximum absolute atomic E-state index is 12.1. The molecule has 0 atom stereocenters. The summed E-state index contributed by atoms with van der Waals surface area (Å²) in [5.74, 6) is 0. The van der Waals surface area contributed by atoms with E-state index >= 15 is 0 Å². The van der Waals surface area contributed by atoms with Gasteiger partial charge in [-0.1, -0.05) is 35.9 Å². The SMILES string of the molecule is CC(C)(C)OC(=O)Nc1c(Br)cccc1CCCCc1ccc(Cl)cc1. The largest absolute Gasteiger partial charge is 0.444 e. The van der Waals surface area contributed by atoms with Gasteiger partial charge in [-0.15, -0.1) is 0 Å². The molecule has 26 heavy (non-hydrogen) atoms. The van der Waals surface area contributed by atoms with Crippen LogP contribution >= 0.6 is 27.5 Å². The van der Waals surface area contributed by atoms with E-state index in [1.807, 2.05) is 51.1 Å². The van der Waals surface area contributed by atoms with Gasteiger partial charge in [0.1, 0.15) is 5.60 Å². The highest BCUT2D eigenvalue weighted by Crippen LogP contribution is 2.28. The average Bonchev–Trinajstić information content (AvgIpc) is 2.54. The normalized spacial score (nSPS) is 11.3. The molecule has 0 aliphatic rings. The van der Waals surface area contributed by atoms with E-state index in [0.29, 0.717) is 0 Å². The first-order valence-corrected chi connectivity index (χ1v) is 9.93. The molecule has 2 aromatic carbocycles. The zero-order valence-electron chi connectivity index (χ0n) is 15.4. The summed E-state index contributed by atoms with van der Waals surface area (Å²) >= 11 is 9.44. The van der Waals surface area contributed by atoms with Gasteiger partial charge in [-0.05, 0) is 91.7 Å². The molecule has 0 spiro atoms. The Kier molecular flexibility index (Phi) is 7.54. The number of para-hydroxylation sites is 1. The van der Waals surface area contributed by atoms with Gasteiger partial charge in [-0.2, -0.15) is 0 Å². The minimum atomic E-state index is -0.524. The van der Waals surface area contributed by atoms with Crippen molar-refractivity contribution in [2.24, 2.45) is 0 Å². The predicted octanol–water partition coefficient (Wildman–Crippen LogP) is 7.01. The van der Waals surface area contributed by atoms with Gasteiger partial charge in [0.2, 0.25) is 0 Å². The second kappa shape index (κ2) is 9.43. The van der Waals surface area contributed by atoms with Crippen LogP contribution in [0.4, 0.5) is 10.5 Å². The molecule has 2 rings (SSSR count). The fourth-order valence-corrected chi connectivity index (χ4v) is 3.25. The highest BCUT2D eigenvalue weighted by Gasteiger charge is 2.18. The second-order valence-corrected chi connectivity index (χ2v) is 8.53. The summed E-state index contributed by atoms with van der Waals surface area (Å²) in [6.45, 7) is 5.55. The van der Waals surface area contributed by atoms with E-state index in [-0.39, 0.29) is 0 Å². The average molecular weight is 439 g/mol. The Morgan fingerprint density at radius 3 is 2.38 bits per heavy atom. The third-order valence-electron chi connectivity index (χ3n) is 3.80. The molecule has 0 heterocycles. The molecule has 0 radical (unpaired) electrons. The molecular formula is C21H25BrClNO2. The minimum Gasteiger partial charge on any atom is -0.444 e. The molecule has 3 nitrogen and oxygen atoms in total. The van der Waals surface area contributed by atoms with Crippen LogP contribution in [0.3, 0.4) is 0 Å². The van der Waals surface area contributed by atoms with Crippen molar-refractivity contribution < 1.29 is 9.53 Å². The van der Waals surface area contributed by atoms with E-state index in [9.17, 15) is 4.79 Å². The van der Waals surface area contributed by atoms with E-state index < -0.39 is 11.7 Å². The number of unbranched alkanes of at least 4 members (excludes halogenated alkanes) is 1. The summed E-state index contributed by atoms with van der Waals surface area (Å²) < 4.78 is 6.22. The number of halogens is 2. The van der Waals surface area contributed by atoms with Crippen molar-refractivity contribution in [1.82, 2.24) is 0 Å². The van der Waals surface area contributed by atoms with Crippen LogP contribution in [0.1, 0.15) is 44.7 Å². The quantitative estimate of drug-likeness (QED) is 0.492. The van der Waals surface area contributed by atoms with Crippen molar-refractivity contribution in [1.29, 1.82) is 0 Å². The topological polar surface area (TPSA) is 38.3 Å². The molecule has 1 N–H and O–H groups in total. The number of carbonyl (C=O) groups is 1. The van der Waals surface area contributed by atoms with Gasteiger partial charge in [0.25, 0.3) is 0 Å². The zero-order valence-corrected chi connectivity index (χ0v) is 17.8. The maximum atomic E-state index is 12.1. The highest BCUT2D eigenvalue weighted by molar-refractivity contribution is 9.10. The number of amides is 1. The molecular weight excluding hydrogens is 414 g/mol. The number of hydrogen-bond donors (Lipinski definition) is 1. The standard InChI is InChI=1S/C21H25BrClNO2/c1-21(2,3)26-20(25)24-19-16(9-6-10-18(19)22)8-5-4-7-15-11-13-17(23)14-12-15/h6,9-14H,4-5,7-8H2,1-3H3,(H,24,25). The predicted molar refractivity (Wildman–Crippen MR) is 112 cm³/mol. The Morgan fingerprint density at radius 2 is 1.73 bits per heavy atom. The van der Waals surface area contributed by atoms with Gasteiger partial charge in [0.05, 0.1) is 5.69 Å². The number of ether oxygens (including phenoxy) is 1. The Balaban J connectivity index is 1.93. The fraction of sp³-hybridized carbons (Fsp3) is 0.381. The molecule has 0 bridgehead atoms. The van der Waals surface area contributed by atoms with Gasteiger partial charge in [-0.25, -0.2) is 4.79 Å². The lowest BCUT2D eigenvalue weighted by Gasteiger charge is -2.21. The number of anilines is 1. The Bertz CT molecular complexity index is 739. The van der Waals surface area contributed by atoms with E-state index in [1.165, 1.54) is 5.56 Å². The van der Waals surface area contributed by atoms with Gasteiger partial charge in [-0.3, -0.25) is 5.32 Å².